The fourth-order valence-electron chi connectivity index (χ4n) is 3.05. The maximum absolute atomic E-state index is 10.2. The van der Waals surface area contributed by atoms with Crippen LogP contribution < -0.4 is 4.74 Å². The standard InChI is InChI=1S/C19H18N4O5/c1-27-12-5-2-11(3-6-12)4-7-13-15-18(21-9-20-13)23(10-22-15)19-17(26)16(25)14(8-24)28-19/h2-3,5-6,9-10,14,16-17,19,24-26H,8H2,1H3/t14-,16-,17-,19?/m1/s1. The van der Waals surface area contributed by atoms with Gasteiger partial charge < -0.3 is 24.8 Å². The van der Waals surface area contributed by atoms with Gasteiger partial charge in [0.25, 0.3) is 0 Å². The molecule has 1 aliphatic heterocycles. The van der Waals surface area contributed by atoms with E-state index in [4.69, 9.17) is 9.47 Å². The van der Waals surface area contributed by atoms with Gasteiger partial charge in [-0.05, 0) is 30.2 Å². The second kappa shape index (κ2) is 7.53. The third-order valence-corrected chi connectivity index (χ3v) is 4.57. The van der Waals surface area contributed by atoms with Crippen LogP contribution in [0.4, 0.5) is 0 Å². The Bertz CT molecular complexity index is 1040. The molecule has 9 nitrogen and oxygen atoms in total. The van der Waals surface area contributed by atoms with E-state index in [1.54, 1.807) is 7.11 Å². The number of hydrogen-bond acceptors (Lipinski definition) is 8. The summed E-state index contributed by atoms with van der Waals surface area (Å²) in [5, 5.41) is 29.5. The van der Waals surface area contributed by atoms with Crippen molar-refractivity contribution in [3.05, 3.63) is 48.2 Å². The first-order chi connectivity index (χ1) is 13.6. The van der Waals surface area contributed by atoms with Gasteiger partial charge in [0.1, 0.15) is 41.6 Å². The van der Waals surface area contributed by atoms with E-state index in [1.807, 2.05) is 24.3 Å². The van der Waals surface area contributed by atoms with Gasteiger partial charge in [0.05, 0.1) is 20.0 Å². The Kier molecular flexibility index (Phi) is 4.93. The van der Waals surface area contributed by atoms with Crippen molar-refractivity contribution in [2.75, 3.05) is 13.7 Å². The summed E-state index contributed by atoms with van der Waals surface area (Å²) in [5.74, 6) is 6.73. The Balaban J connectivity index is 1.67. The van der Waals surface area contributed by atoms with Crippen LogP contribution in [0.1, 0.15) is 17.5 Å². The highest BCUT2D eigenvalue weighted by Crippen LogP contribution is 2.31. The molecular formula is C19H18N4O5. The van der Waals surface area contributed by atoms with Crippen molar-refractivity contribution in [3.63, 3.8) is 0 Å². The van der Waals surface area contributed by atoms with Gasteiger partial charge >= 0.3 is 0 Å². The Morgan fingerprint density at radius 1 is 1.11 bits per heavy atom. The first kappa shape index (κ1) is 18.3. The number of aliphatic hydroxyl groups excluding tert-OH is 3. The molecule has 3 heterocycles. The Labute approximate surface area is 160 Å². The zero-order valence-corrected chi connectivity index (χ0v) is 14.9. The average Bonchev–Trinajstić information content (AvgIpc) is 3.28. The maximum atomic E-state index is 10.2. The SMILES string of the molecule is COc1ccc(C#Cc2ncnc3c2ncn3C2O[C@H](CO)[C@@H](O)[C@H]2O)cc1. The molecule has 1 fully saturated rings. The number of imidazole rings is 1. The van der Waals surface area contributed by atoms with Crippen LogP contribution in [0.15, 0.2) is 36.9 Å². The van der Waals surface area contributed by atoms with Gasteiger partial charge in [-0.15, -0.1) is 0 Å². The van der Waals surface area contributed by atoms with Crippen molar-refractivity contribution < 1.29 is 24.8 Å². The number of aromatic nitrogens is 4. The number of aliphatic hydroxyl groups is 3. The molecule has 3 N–H and O–H groups in total. The average molecular weight is 382 g/mol. The number of fused-ring (bicyclic) bond motifs is 1. The first-order valence-corrected chi connectivity index (χ1v) is 8.58. The second-order valence-electron chi connectivity index (χ2n) is 6.25. The highest BCUT2D eigenvalue weighted by Gasteiger charge is 2.43. The van der Waals surface area contributed by atoms with Gasteiger partial charge in [0.2, 0.25) is 0 Å². The normalized spacial score (nSPS) is 24.1. The van der Waals surface area contributed by atoms with E-state index in [0.717, 1.165) is 11.3 Å². The van der Waals surface area contributed by atoms with Crippen molar-refractivity contribution in [1.29, 1.82) is 0 Å². The number of nitrogens with zero attached hydrogens (tertiary/aromatic N) is 4. The van der Waals surface area contributed by atoms with Crippen LogP contribution in [0, 0.1) is 11.8 Å². The summed E-state index contributed by atoms with van der Waals surface area (Å²) in [6.07, 6.45) is -1.44. The summed E-state index contributed by atoms with van der Waals surface area (Å²) in [7, 11) is 1.60. The molecule has 4 atom stereocenters. The summed E-state index contributed by atoms with van der Waals surface area (Å²) in [5.41, 5.74) is 2.06. The van der Waals surface area contributed by atoms with Gasteiger partial charge in [-0.3, -0.25) is 4.57 Å². The number of methoxy groups -OCH3 is 1. The predicted octanol–water partition coefficient (Wildman–Crippen LogP) is -0.154. The van der Waals surface area contributed by atoms with E-state index in [-0.39, 0.29) is 0 Å². The number of ether oxygens (including phenoxy) is 2. The number of benzene rings is 1. The van der Waals surface area contributed by atoms with Gasteiger partial charge in [-0.1, -0.05) is 5.92 Å². The summed E-state index contributed by atoms with van der Waals surface area (Å²) in [6, 6.07) is 7.30. The van der Waals surface area contributed by atoms with E-state index >= 15 is 0 Å². The van der Waals surface area contributed by atoms with Crippen LogP contribution in [0.2, 0.25) is 0 Å². The summed E-state index contributed by atoms with van der Waals surface area (Å²) >= 11 is 0. The molecule has 0 radical (unpaired) electrons. The highest BCUT2D eigenvalue weighted by molar-refractivity contribution is 5.76. The lowest BCUT2D eigenvalue weighted by molar-refractivity contribution is -0.0511. The minimum atomic E-state index is -1.22. The van der Waals surface area contributed by atoms with Crippen molar-refractivity contribution >= 4 is 11.2 Å². The fourth-order valence-corrected chi connectivity index (χ4v) is 3.05. The lowest BCUT2D eigenvalue weighted by Crippen LogP contribution is -2.33. The lowest BCUT2D eigenvalue weighted by Gasteiger charge is -2.16. The molecule has 1 aliphatic rings. The molecule has 1 aromatic carbocycles. The monoisotopic (exact) mass is 382 g/mol. The van der Waals surface area contributed by atoms with Crippen molar-refractivity contribution in [2.45, 2.75) is 24.5 Å². The molecular weight excluding hydrogens is 364 g/mol. The molecule has 144 valence electrons. The third kappa shape index (κ3) is 3.19. The second-order valence-corrected chi connectivity index (χ2v) is 6.25. The number of rotatable bonds is 3. The third-order valence-electron chi connectivity index (χ3n) is 4.57. The van der Waals surface area contributed by atoms with Crippen LogP contribution in [-0.2, 0) is 4.74 Å². The molecule has 9 heteroatoms. The minimum absolute atomic E-state index is 0.406. The van der Waals surface area contributed by atoms with Crippen molar-refractivity contribution in [1.82, 2.24) is 19.5 Å². The lowest BCUT2D eigenvalue weighted by atomic mass is 10.1. The Morgan fingerprint density at radius 2 is 1.89 bits per heavy atom. The van der Waals surface area contributed by atoms with Crippen LogP contribution >= 0.6 is 0 Å². The zero-order chi connectivity index (χ0) is 19.7. The summed E-state index contributed by atoms with van der Waals surface area (Å²) in [6.45, 7) is -0.408. The quantitative estimate of drug-likeness (QED) is 0.535. The summed E-state index contributed by atoms with van der Waals surface area (Å²) in [4.78, 5) is 12.7. The molecule has 1 unspecified atom stereocenters. The molecule has 28 heavy (non-hydrogen) atoms. The van der Waals surface area contributed by atoms with E-state index in [2.05, 4.69) is 26.8 Å². The first-order valence-electron chi connectivity index (χ1n) is 8.58. The molecule has 1 saturated heterocycles. The molecule has 4 rings (SSSR count). The van der Waals surface area contributed by atoms with Gasteiger partial charge in [-0.25, -0.2) is 15.0 Å². The molecule has 0 bridgehead atoms. The van der Waals surface area contributed by atoms with E-state index in [0.29, 0.717) is 16.9 Å². The maximum Gasteiger partial charge on any atom is 0.166 e. The van der Waals surface area contributed by atoms with E-state index in [1.165, 1.54) is 17.2 Å². The fraction of sp³-hybridized carbons (Fsp3) is 0.316. The highest BCUT2D eigenvalue weighted by atomic mass is 16.6. The van der Waals surface area contributed by atoms with Crippen LogP contribution in [0.3, 0.4) is 0 Å². The Morgan fingerprint density at radius 3 is 2.57 bits per heavy atom. The zero-order valence-electron chi connectivity index (χ0n) is 14.9. The molecule has 0 aliphatic carbocycles. The van der Waals surface area contributed by atoms with Crippen molar-refractivity contribution in [3.8, 4) is 17.6 Å². The molecule has 3 aromatic rings. The Hall–Kier alpha value is -3.03. The summed E-state index contributed by atoms with van der Waals surface area (Å²) < 4.78 is 12.2. The van der Waals surface area contributed by atoms with E-state index < -0.39 is 31.1 Å². The van der Waals surface area contributed by atoms with Crippen LogP contribution in [-0.4, -0.2) is 66.9 Å². The van der Waals surface area contributed by atoms with Gasteiger partial charge in [-0.2, -0.15) is 0 Å². The molecule has 0 saturated carbocycles. The van der Waals surface area contributed by atoms with Gasteiger partial charge in [0.15, 0.2) is 11.9 Å². The van der Waals surface area contributed by atoms with Gasteiger partial charge in [0, 0.05) is 5.56 Å². The van der Waals surface area contributed by atoms with Crippen molar-refractivity contribution in [2.24, 2.45) is 0 Å². The van der Waals surface area contributed by atoms with E-state index in [9.17, 15) is 15.3 Å². The van der Waals surface area contributed by atoms with Crippen LogP contribution in [0.5, 0.6) is 5.75 Å². The predicted molar refractivity (Wildman–Crippen MR) is 97.3 cm³/mol. The molecule has 0 amide bonds. The smallest absolute Gasteiger partial charge is 0.166 e. The largest absolute Gasteiger partial charge is 0.497 e. The van der Waals surface area contributed by atoms with Crippen LogP contribution in [0.25, 0.3) is 11.2 Å². The topological polar surface area (TPSA) is 123 Å². The number of hydrogen-bond donors (Lipinski definition) is 3. The molecule has 2 aromatic heterocycles. The minimum Gasteiger partial charge on any atom is -0.497 e. The molecule has 0 spiro atoms.